The van der Waals surface area contributed by atoms with Crippen molar-refractivity contribution in [2.24, 2.45) is 0 Å². The van der Waals surface area contributed by atoms with Crippen molar-refractivity contribution in [1.29, 1.82) is 0 Å². The molecule has 0 unspecified atom stereocenters. The van der Waals surface area contributed by atoms with E-state index in [1.807, 2.05) is 10.6 Å². The van der Waals surface area contributed by atoms with Gasteiger partial charge in [-0.05, 0) is 22.8 Å². The van der Waals surface area contributed by atoms with Crippen molar-refractivity contribution >= 4 is 12.3 Å². The van der Waals surface area contributed by atoms with Crippen LogP contribution >= 0.6 is 0 Å². The van der Waals surface area contributed by atoms with Crippen LogP contribution in [0.25, 0.3) is 5.57 Å². The highest BCUT2D eigenvalue weighted by Crippen LogP contribution is 2.32. The van der Waals surface area contributed by atoms with Crippen LogP contribution in [0, 0.1) is 13.0 Å². The summed E-state index contributed by atoms with van der Waals surface area (Å²) in [6, 6.07) is 20.0. The van der Waals surface area contributed by atoms with Crippen LogP contribution in [0.2, 0.25) is 0 Å². The van der Waals surface area contributed by atoms with E-state index in [2.05, 4.69) is 81.4 Å². The number of allylic oxidation sites excluding steroid dienone is 2. The Balaban J connectivity index is 2.00. The molecule has 0 N–H and O–H groups in total. The van der Waals surface area contributed by atoms with Crippen LogP contribution < -0.4 is 0 Å². The van der Waals surface area contributed by atoms with E-state index < -0.39 is 0 Å². The van der Waals surface area contributed by atoms with Gasteiger partial charge in [0.2, 0.25) is 0 Å². The molecular weight excluding hydrogens is 254 g/mol. The number of hydrogen-bond acceptors (Lipinski definition) is 0. The Morgan fingerprint density at radius 2 is 1.57 bits per heavy atom. The van der Waals surface area contributed by atoms with E-state index in [1.54, 1.807) is 0 Å². The molecule has 1 nitrogen and oxygen atoms in total. The quantitative estimate of drug-likeness (QED) is 0.556. The van der Waals surface area contributed by atoms with Gasteiger partial charge in [0.05, 0.1) is 6.72 Å². The highest BCUT2D eigenvalue weighted by Gasteiger charge is 2.21. The largest absolute Gasteiger partial charge is 0.254 e. The molecule has 0 saturated carbocycles. The molecule has 0 aromatic heterocycles. The molecule has 0 fully saturated rings. The third-order valence-corrected chi connectivity index (χ3v) is 3.88. The van der Waals surface area contributed by atoms with Crippen molar-refractivity contribution in [3.8, 4) is 0 Å². The molecule has 2 aromatic rings. The van der Waals surface area contributed by atoms with Crippen molar-refractivity contribution in [3.63, 3.8) is 0 Å². The van der Waals surface area contributed by atoms with Crippen molar-refractivity contribution in [1.82, 2.24) is 0 Å². The Morgan fingerprint density at radius 3 is 2.29 bits per heavy atom. The van der Waals surface area contributed by atoms with E-state index in [0.29, 0.717) is 0 Å². The van der Waals surface area contributed by atoms with E-state index in [0.717, 1.165) is 6.04 Å². The normalized spacial score (nSPS) is 14.8. The van der Waals surface area contributed by atoms with Crippen LogP contribution in [0.4, 0.5) is 0 Å². The molecule has 3 rings (SSSR count). The van der Waals surface area contributed by atoms with Crippen LogP contribution in [0.3, 0.4) is 0 Å². The fourth-order valence-corrected chi connectivity index (χ4v) is 2.71. The zero-order valence-electron chi connectivity index (χ0n) is 12.5. The van der Waals surface area contributed by atoms with Gasteiger partial charge in [-0.25, -0.2) is 0 Å². The fourth-order valence-electron chi connectivity index (χ4n) is 2.71. The number of benzene rings is 2. The predicted molar refractivity (Wildman–Crippen MR) is 89.1 cm³/mol. The summed E-state index contributed by atoms with van der Waals surface area (Å²) in [5.41, 5.74) is 6.21. The van der Waals surface area contributed by atoms with E-state index >= 15 is 0 Å². The first-order chi connectivity index (χ1) is 10.2. The molecule has 0 spiro atoms. The lowest BCUT2D eigenvalue weighted by Crippen LogP contribution is -2.17. The minimum atomic E-state index is 1.14. The molecule has 0 aliphatic carbocycles. The number of nitrogens with zero attached hydrogens (tertiary/aromatic N) is 1. The number of aryl methyl sites for hydroxylation is 1. The second-order valence-electron chi connectivity index (χ2n) is 5.41. The highest BCUT2D eigenvalue weighted by atomic mass is 15.0. The Hall–Kier alpha value is -2.54. The second-order valence-corrected chi connectivity index (χ2v) is 5.41. The fraction of sp³-hybridized carbons (Fsp3) is 0.100. The molecule has 0 amide bonds. The minimum absolute atomic E-state index is 1.14. The standard InChI is InChI=1S/C20H19N/c1-15-9-7-8-12-18(15)20-13-16(2)19(14-21(20)3)17-10-5-4-6-11-17/h4-14H,3H2,1-2H3. The average Bonchev–Trinajstić information content (AvgIpc) is 2.51. The molecule has 0 atom stereocenters. The first-order valence-electron chi connectivity index (χ1n) is 7.15. The molecule has 0 saturated heterocycles. The van der Waals surface area contributed by atoms with Gasteiger partial charge >= 0.3 is 0 Å². The maximum atomic E-state index is 4.18. The number of hydrogen-bond donors (Lipinski definition) is 0. The summed E-state index contributed by atoms with van der Waals surface area (Å²) in [4.78, 5) is 0. The third kappa shape index (κ3) is 2.55. The first-order valence-corrected chi connectivity index (χ1v) is 7.15. The summed E-state index contributed by atoms with van der Waals surface area (Å²) in [6.07, 6.45) is 4.34. The van der Waals surface area contributed by atoms with Gasteiger partial charge in [0, 0.05) is 0 Å². The molecule has 0 bridgehead atoms. The van der Waals surface area contributed by atoms with E-state index in [1.165, 1.54) is 27.8 Å². The van der Waals surface area contributed by atoms with Gasteiger partial charge in [-0.1, -0.05) is 73.5 Å². The lowest BCUT2D eigenvalue weighted by molar-refractivity contribution is -0.417. The molecule has 21 heavy (non-hydrogen) atoms. The highest BCUT2D eigenvalue weighted by molar-refractivity contribution is 5.79. The van der Waals surface area contributed by atoms with E-state index in [9.17, 15) is 0 Å². The molecule has 1 heteroatoms. The van der Waals surface area contributed by atoms with Gasteiger partial charge in [-0.15, -0.1) is 6.07 Å². The lowest BCUT2D eigenvalue weighted by atomic mass is 9.91. The van der Waals surface area contributed by atoms with Crippen LogP contribution in [-0.4, -0.2) is 11.3 Å². The summed E-state index contributed by atoms with van der Waals surface area (Å²) in [6.45, 7) is 8.47. The van der Waals surface area contributed by atoms with E-state index in [4.69, 9.17) is 0 Å². The Bertz CT molecular complexity index is 735. The van der Waals surface area contributed by atoms with Crippen molar-refractivity contribution < 1.29 is 4.58 Å². The molecule has 1 aliphatic rings. The van der Waals surface area contributed by atoms with Gasteiger partial charge in [-0.3, -0.25) is 4.58 Å². The van der Waals surface area contributed by atoms with Gasteiger partial charge in [0.25, 0.3) is 0 Å². The van der Waals surface area contributed by atoms with Gasteiger partial charge < -0.3 is 0 Å². The summed E-state index contributed by atoms with van der Waals surface area (Å²) in [5, 5.41) is 0. The van der Waals surface area contributed by atoms with Crippen molar-refractivity contribution in [3.05, 3.63) is 95.2 Å². The van der Waals surface area contributed by atoms with Crippen molar-refractivity contribution in [2.75, 3.05) is 0 Å². The van der Waals surface area contributed by atoms with Gasteiger partial charge in [0.1, 0.15) is 12.2 Å². The molecule has 0 radical (unpaired) electrons. The topological polar surface area (TPSA) is 3.01 Å². The van der Waals surface area contributed by atoms with Crippen LogP contribution in [-0.2, 0) is 0 Å². The molecule has 1 aliphatic heterocycles. The van der Waals surface area contributed by atoms with Crippen LogP contribution in [0.5, 0.6) is 0 Å². The lowest BCUT2D eigenvalue weighted by Gasteiger charge is -2.24. The van der Waals surface area contributed by atoms with Gasteiger partial charge in [-0.2, -0.15) is 0 Å². The van der Waals surface area contributed by atoms with E-state index in [-0.39, 0.29) is 0 Å². The molecule has 1 heterocycles. The monoisotopic (exact) mass is 273 g/mol. The Labute approximate surface area is 126 Å². The summed E-state index contributed by atoms with van der Waals surface area (Å²) in [5.74, 6) is 0. The second kappa shape index (κ2) is 5.45. The molecule has 2 aromatic carbocycles. The SMILES string of the molecule is C=[N+]1C=C(c2ccccc2)C(C)=C[C-]1c1ccccc1C. The third-order valence-electron chi connectivity index (χ3n) is 3.88. The van der Waals surface area contributed by atoms with Gasteiger partial charge in [0.15, 0.2) is 0 Å². The minimum Gasteiger partial charge on any atom is -0.254 e. The zero-order chi connectivity index (χ0) is 14.8. The smallest absolute Gasteiger partial charge is 0.147 e. The number of rotatable bonds is 2. The van der Waals surface area contributed by atoms with Crippen molar-refractivity contribution in [2.45, 2.75) is 13.8 Å². The van der Waals surface area contributed by atoms with Crippen LogP contribution in [0.15, 0.2) is 72.4 Å². The maximum absolute atomic E-state index is 4.18. The molecular formula is C20H19N. The summed E-state index contributed by atoms with van der Waals surface area (Å²) < 4.78 is 1.97. The van der Waals surface area contributed by atoms with Crippen LogP contribution in [0.1, 0.15) is 23.6 Å². The average molecular weight is 273 g/mol. The Morgan fingerprint density at radius 1 is 0.905 bits per heavy atom. The predicted octanol–water partition coefficient (Wildman–Crippen LogP) is 4.59. The summed E-state index contributed by atoms with van der Waals surface area (Å²) in [7, 11) is 0. The molecule has 104 valence electrons. The first kappa shape index (κ1) is 13.4. The Kier molecular flexibility index (Phi) is 3.49. The summed E-state index contributed by atoms with van der Waals surface area (Å²) >= 11 is 0. The zero-order valence-corrected chi connectivity index (χ0v) is 12.5. The maximum Gasteiger partial charge on any atom is 0.147 e.